The van der Waals surface area contributed by atoms with Gasteiger partial charge in [0.1, 0.15) is 5.60 Å². The molecule has 2 aromatic rings. The Kier molecular flexibility index (Phi) is 4.93. The van der Waals surface area contributed by atoms with Gasteiger partial charge in [-0.15, -0.1) is 0 Å². The maximum Gasteiger partial charge on any atom is 0.258 e. The lowest BCUT2D eigenvalue weighted by molar-refractivity contribution is -0.137. The van der Waals surface area contributed by atoms with E-state index in [1.165, 1.54) is 6.92 Å². The minimum atomic E-state index is -2.05. The van der Waals surface area contributed by atoms with Crippen molar-refractivity contribution in [2.24, 2.45) is 0 Å². The Morgan fingerprint density at radius 3 is 2.14 bits per heavy atom. The third kappa shape index (κ3) is 3.52. The van der Waals surface area contributed by atoms with Gasteiger partial charge in [0.05, 0.1) is 6.04 Å². The molecule has 3 atom stereocenters. The fourth-order valence-corrected chi connectivity index (χ4v) is 2.29. The van der Waals surface area contributed by atoms with Gasteiger partial charge in [-0.05, 0) is 25.0 Å². The molecule has 22 heavy (non-hydrogen) atoms. The molecule has 0 aliphatic rings. The van der Waals surface area contributed by atoms with E-state index < -0.39 is 17.7 Å². The largest absolute Gasteiger partial charge is 0.382 e. The zero-order chi connectivity index (χ0) is 16.2. The van der Waals surface area contributed by atoms with Crippen molar-refractivity contribution in [2.45, 2.75) is 31.7 Å². The van der Waals surface area contributed by atoms with E-state index in [2.05, 4.69) is 5.32 Å². The van der Waals surface area contributed by atoms with Gasteiger partial charge < -0.3 is 10.4 Å². The van der Waals surface area contributed by atoms with Crippen molar-refractivity contribution in [3.05, 3.63) is 71.8 Å². The maximum atomic E-state index is 14.5. The third-order valence-electron chi connectivity index (χ3n) is 3.74. The van der Waals surface area contributed by atoms with Crippen molar-refractivity contribution in [1.82, 2.24) is 5.32 Å². The number of amides is 1. The summed E-state index contributed by atoms with van der Waals surface area (Å²) in [7, 11) is 0. The smallest absolute Gasteiger partial charge is 0.258 e. The summed E-state index contributed by atoms with van der Waals surface area (Å²) < 4.78 is 14.5. The molecule has 0 heterocycles. The molecule has 116 valence electrons. The van der Waals surface area contributed by atoms with Gasteiger partial charge in [-0.1, -0.05) is 60.7 Å². The Labute approximate surface area is 129 Å². The molecular weight excluding hydrogens is 281 g/mol. The highest BCUT2D eigenvalue weighted by Gasteiger charge is 2.39. The number of halogens is 1. The minimum absolute atomic E-state index is 0.335. The molecule has 0 radical (unpaired) electrons. The second-order valence-corrected chi connectivity index (χ2v) is 5.52. The molecular formula is C18H20FNO2. The molecule has 0 saturated heterocycles. The zero-order valence-electron chi connectivity index (χ0n) is 12.7. The number of nitrogens with one attached hydrogen (secondary N) is 1. The van der Waals surface area contributed by atoms with Crippen LogP contribution in [0.25, 0.3) is 0 Å². The monoisotopic (exact) mass is 301 g/mol. The highest BCUT2D eigenvalue weighted by atomic mass is 19.1. The van der Waals surface area contributed by atoms with E-state index in [0.29, 0.717) is 5.56 Å². The van der Waals surface area contributed by atoms with E-state index >= 15 is 0 Å². The van der Waals surface area contributed by atoms with Crippen molar-refractivity contribution in [3.8, 4) is 0 Å². The number of rotatable bonds is 5. The van der Waals surface area contributed by atoms with Crippen LogP contribution in [0.4, 0.5) is 4.39 Å². The van der Waals surface area contributed by atoms with Crippen LogP contribution in [0.5, 0.6) is 0 Å². The molecule has 0 saturated carbocycles. The number of aliphatic hydroxyl groups is 1. The lowest BCUT2D eigenvalue weighted by Crippen LogP contribution is -2.45. The molecule has 0 spiro atoms. The Balaban J connectivity index is 2.09. The first-order valence-corrected chi connectivity index (χ1v) is 7.20. The molecule has 0 aliphatic heterocycles. The second-order valence-electron chi connectivity index (χ2n) is 5.52. The maximum absolute atomic E-state index is 14.5. The summed E-state index contributed by atoms with van der Waals surface area (Å²) in [4.78, 5) is 12.1. The number of carbonyl (C=O) groups is 1. The van der Waals surface area contributed by atoms with Gasteiger partial charge in [0.15, 0.2) is 0 Å². The first-order valence-electron chi connectivity index (χ1n) is 7.20. The van der Waals surface area contributed by atoms with Crippen LogP contribution < -0.4 is 5.32 Å². The first-order chi connectivity index (χ1) is 10.4. The number of hydrogen-bond donors (Lipinski definition) is 2. The molecule has 2 aromatic carbocycles. The summed E-state index contributed by atoms with van der Waals surface area (Å²) >= 11 is 0. The molecule has 0 aliphatic carbocycles. The summed E-state index contributed by atoms with van der Waals surface area (Å²) in [5.74, 6) is -0.829. The van der Waals surface area contributed by atoms with Gasteiger partial charge in [0, 0.05) is 0 Å². The molecule has 3 nitrogen and oxygen atoms in total. The van der Waals surface area contributed by atoms with E-state index in [9.17, 15) is 14.3 Å². The van der Waals surface area contributed by atoms with E-state index in [0.717, 1.165) is 5.56 Å². The summed E-state index contributed by atoms with van der Waals surface area (Å²) in [6, 6.07) is 17.3. The lowest BCUT2D eigenvalue weighted by atomic mass is 9.90. The van der Waals surface area contributed by atoms with Gasteiger partial charge in [0.25, 0.3) is 5.91 Å². The van der Waals surface area contributed by atoms with Gasteiger partial charge in [-0.2, -0.15) is 0 Å². The van der Waals surface area contributed by atoms with Gasteiger partial charge in [-0.25, -0.2) is 4.39 Å². The third-order valence-corrected chi connectivity index (χ3v) is 3.74. The van der Waals surface area contributed by atoms with Crippen LogP contribution >= 0.6 is 0 Å². The highest BCUT2D eigenvalue weighted by Crippen LogP contribution is 2.27. The predicted octanol–water partition coefficient (Wildman–Crippen LogP) is 3.11. The molecule has 0 aromatic heterocycles. The fraction of sp³-hybridized carbons (Fsp3) is 0.278. The Hall–Kier alpha value is -2.20. The van der Waals surface area contributed by atoms with Crippen LogP contribution in [0.15, 0.2) is 60.7 Å². The standard InChI is InChI=1S/C18H20FNO2/c1-13(14-9-5-3-6-10-14)20-17(21)16(19)18(2,22)15-11-7-4-8-12-15/h3-13,16,22H,1-2H3,(H,20,21)/t13-,16+,18+/m0/s1. The van der Waals surface area contributed by atoms with Crippen LogP contribution in [0, 0.1) is 0 Å². The zero-order valence-corrected chi connectivity index (χ0v) is 12.7. The Bertz CT molecular complexity index is 613. The summed E-state index contributed by atoms with van der Waals surface area (Å²) in [5.41, 5.74) is -0.630. The van der Waals surface area contributed by atoms with Crippen LogP contribution in [0.3, 0.4) is 0 Å². The number of benzene rings is 2. The van der Waals surface area contributed by atoms with Crippen LogP contribution in [-0.2, 0) is 10.4 Å². The molecule has 0 unspecified atom stereocenters. The number of alkyl halides is 1. The predicted molar refractivity (Wildman–Crippen MR) is 83.9 cm³/mol. The van der Waals surface area contributed by atoms with Gasteiger partial charge in [-0.3, -0.25) is 4.79 Å². The summed E-state index contributed by atoms with van der Waals surface area (Å²) in [6.45, 7) is 3.08. The first kappa shape index (κ1) is 16.2. The number of carbonyl (C=O) groups excluding carboxylic acids is 1. The van der Waals surface area contributed by atoms with Crippen LogP contribution in [-0.4, -0.2) is 17.2 Å². The average molecular weight is 301 g/mol. The molecule has 4 heteroatoms. The van der Waals surface area contributed by atoms with Gasteiger partial charge >= 0.3 is 0 Å². The number of hydrogen-bond acceptors (Lipinski definition) is 2. The van der Waals surface area contributed by atoms with Crippen LogP contribution in [0.2, 0.25) is 0 Å². The van der Waals surface area contributed by atoms with E-state index in [4.69, 9.17) is 0 Å². The molecule has 2 rings (SSSR count). The van der Waals surface area contributed by atoms with Gasteiger partial charge in [0.2, 0.25) is 6.17 Å². The minimum Gasteiger partial charge on any atom is -0.382 e. The van der Waals surface area contributed by atoms with Crippen molar-refractivity contribution in [2.75, 3.05) is 0 Å². The average Bonchev–Trinajstić information content (AvgIpc) is 2.55. The molecule has 0 fully saturated rings. The normalized spacial score (nSPS) is 16.4. The second kappa shape index (κ2) is 6.71. The highest BCUT2D eigenvalue weighted by molar-refractivity contribution is 5.82. The van der Waals surface area contributed by atoms with E-state index in [1.54, 1.807) is 37.3 Å². The summed E-state index contributed by atoms with van der Waals surface area (Å²) in [5, 5.41) is 13.0. The fourth-order valence-electron chi connectivity index (χ4n) is 2.29. The Morgan fingerprint density at radius 1 is 1.09 bits per heavy atom. The Morgan fingerprint density at radius 2 is 1.59 bits per heavy atom. The quantitative estimate of drug-likeness (QED) is 0.891. The molecule has 0 bridgehead atoms. The molecule has 1 amide bonds. The SMILES string of the molecule is C[C@H](NC(=O)[C@@H](F)[C@](C)(O)c1ccccc1)c1ccccc1. The molecule has 2 N–H and O–H groups in total. The van der Waals surface area contributed by atoms with Crippen molar-refractivity contribution < 1.29 is 14.3 Å². The van der Waals surface area contributed by atoms with E-state index in [-0.39, 0.29) is 6.04 Å². The summed E-state index contributed by atoms with van der Waals surface area (Å²) in [6.07, 6.45) is -2.05. The van der Waals surface area contributed by atoms with E-state index in [1.807, 2.05) is 30.3 Å². The topological polar surface area (TPSA) is 49.3 Å². The van der Waals surface area contributed by atoms with Crippen molar-refractivity contribution in [1.29, 1.82) is 0 Å². The van der Waals surface area contributed by atoms with Crippen molar-refractivity contribution >= 4 is 5.91 Å². The van der Waals surface area contributed by atoms with Crippen LogP contribution in [0.1, 0.15) is 31.0 Å². The van der Waals surface area contributed by atoms with Crippen molar-refractivity contribution in [3.63, 3.8) is 0 Å². The lowest BCUT2D eigenvalue weighted by Gasteiger charge is -2.28.